The molecule has 0 atom stereocenters. The van der Waals surface area contributed by atoms with Gasteiger partial charge in [-0.3, -0.25) is 0 Å². The molecule has 0 fully saturated rings. The van der Waals surface area contributed by atoms with Crippen molar-refractivity contribution >= 4 is 23.1 Å². The average molecular weight is 323 g/mol. The summed E-state index contributed by atoms with van der Waals surface area (Å²) >= 11 is 0. The van der Waals surface area contributed by atoms with Crippen molar-refractivity contribution in [2.45, 2.75) is 6.61 Å². The molecule has 0 amide bonds. The normalized spacial score (nSPS) is 9.00. The molecule has 0 unspecified atom stereocenters. The van der Waals surface area contributed by atoms with Crippen LogP contribution in [0.1, 0.15) is 5.56 Å². The summed E-state index contributed by atoms with van der Waals surface area (Å²) in [6, 6.07) is 13.1. The molecule has 0 radical (unpaired) electrons. The summed E-state index contributed by atoms with van der Waals surface area (Å²) in [5.41, 5.74) is 0.192. The van der Waals surface area contributed by atoms with E-state index in [2.05, 4.69) is 6.07 Å². The smallest absolute Gasteiger partial charge is 1.00 e. The molecule has 0 heterocycles. The molecule has 0 aromatic heterocycles. The Hall–Kier alpha value is -0.654. The van der Waals surface area contributed by atoms with Gasteiger partial charge in [0.05, 0.1) is 0 Å². The maximum atomic E-state index is 13.2. The zero-order chi connectivity index (χ0) is 11.4. The zero-order valence-corrected chi connectivity index (χ0v) is 12.5. The SMILES string of the molecule is Fc1ccc(F)c(COc2[c-]cccc2)c1.[Br-].[Mg+2]. The van der Waals surface area contributed by atoms with Gasteiger partial charge in [0, 0.05) is 11.3 Å². The molecule has 0 aliphatic carbocycles. The summed E-state index contributed by atoms with van der Waals surface area (Å²) in [7, 11) is 0. The quantitative estimate of drug-likeness (QED) is 0.569. The number of ether oxygens (including phenoxy) is 1. The molecule has 0 saturated carbocycles. The Balaban J connectivity index is 0.00000144. The average Bonchev–Trinajstić information content (AvgIpc) is 2.32. The van der Waals surface area contributed by atoms with Crippen LogP contribution in [0.25, 0.3) is 0 Å². The first-order chi connectivity index (χ1) is 7.75. The van der Waals surface area contributed by atoms with Crippen LogP contribution < -0.4 is 21.7 Å². The van der Waals surface area contributed by atoms with E-state index in [0.717, 1.165) is 18.2 Å². The summed E-state index contributed by atoms with van der Waals surface area (Å²) in [6.07, 6.45) is 0. The van der Waals surface area contributed by atoms with E-state index >= 15 is 0 Å². The van der Waals surface area contributed by atoms with E-state index < -0.39 is 11.6 Å². The van der Waals surface area contributed by atoms with Crippen LogP contribution in [0, 0.1) is 17.7 Å². The molecule has 0 N–H and O–H groups in total. The van der Waals surface area contributed by atoms with Crippen LogP contribution in [-0.2, 0) is 6.61 Å². The minimum atomic E-state index is -0.475. The molecule has 2 aromatic carbocycles. The summed E-state index contributed by atoms with van der Waals surface area (Å²) < 4.78 is 31.3. The molecule has 0 saturated heterocycles. The predicted octanol–water partition coefficient (Wildman–Crippen LogP) is -0.0328. The number of halogens is 3. The number of hydrogen-bond donors (Lipinski definition) is 0. The van der Waals surface area contributed by atoms with Crippen molar-refractivity contribution in [3.63, 3.8) is 0 Å². The molecule has 0 bridgehead atoms. The molecule has 5 heteroatoms. The summed E-state index contributed by atoms with van der Waals surface area (Å²) in [6.45, 7) is -0.00981. The van der Waals surface area contributed by atoms with Crippen LogP contribution >= 0.6 is 0 Å². The van der Waals surface area contributed by atoms with E-state index in [1.165, 1.54) is 0 Å². The second-order valence-electron chi connectivity index (χ2n) is 3.25. The Morgan fingerprint density at radius 3 is 2.56 bits per heavy atom. The van der Waals surface area contributed by atoms with Crippen LogP contribution in [0.3, 0.4) is 0 Å². The van der Waals surface area contributed by atoms with Crippen LogP contribution in [-0.4, -0.2) is 23.1 Å². The van der Waals surface area contributed by atoms with Crippen molar-refractivity contribution in [3.05, 3.63) is 65.7 Å². The van der Waals surface area contributed by atoms with Gasteiger partial charge in [-0.25, -0.2) is 8.78 Å². The summed E-state index contributed by atoms with van der Waals surface area (Å²) in [5, 5.41) is 0. The Kier molecular flexibility index (Phi) is 8.14. The third kappa shape index (κ3) is 4.92. The molecule has 0 aliphatic heterocycles. The number of para-hydroxylation sites is 1. The van der Waals surface area contributed by atoms with Crippen molar-refractivity contribution in [1.29, 1.82) is 0 Å². The summed E-state index contributed by atoms with van der Waals surface area (Å²) in [4.78, 5) is 0. The number of rotatable bonds is 3. The van der Waals surface area contributed by atoms with Gasteiger partial charge in [0.2, 0.25) is 0 Å². The van der Waals surface area contributed by atoms with Gasteiger partial charge in [-0.1, -0.05) is 0 Å². The monoisotopic (exact) mass is 322 g/mol. The van der Waals surface area contributed by atoms with Gasteiger partial charge < -0.3 is 21.7 Å². The molecule has 2 rings (SSSR count). The Labute approximate surface area is 131 Å². The number of benzene rings is 2. The van der Waals surface area contributed by atoms with Crippen molar-refractivity contribution in [3.8, 4) is 5.75 Å². The fourth-order valence-corrected chi connectivity index (χ4v) is 1.28. The zero-order valence-electron chi connectivity index (χ0n) is 9.50. The van der Waals surface area contributed by atoms with Crippen LogP contribution in [0.5, 0.6) is 5.75 Å². The molecular formula is C13H9BrF2MgO. The van der Waals surface area contributed by atoms with Gasteiger partial charge in [-0.05, 0) is 18.2 Å². The van der Waals surface area contributed by atoms with Crippen LogP contribution in [0.2, 0.25) is 0 Å². The molecule has 18 heavy (non-hydrogen) atoms. The maximum Gasteiger partial charge on any atom is 2.00 e. The van der Waals surface area contributed by atoms with E-state index in [9.17, 15) is 8.78 Å². The van der Waals surface area contributed by atoms with Gasteiger partial charge in [0.1, 0.15) is 18.2 Å². The molecule has 0 aliphatic rings. The molecule has 0 spiro atoms. The van der Waals surface area contributed by atoms with E-state index in [1.54, 1.807) is 24.3 Å². The summed E-state index contributed by atoms with van der Waals surface area (Å²) in [5.74, 6) is -0.444. The van der Waals surface area contributed by atoms with E-state index in [4.69, 9.17) is 4.74 Å². The first-order valence-electron chi connectivity index (χ1n) is 4.79. The van der Waals surface area contributed by atoms with E-state index in [0.29, 0.717) is 5.75 Å². The Bertz CT molecular complexity index is 480. The third-order valence-corrected chi connectivity index (χ3v) is 2.07. The van der Waals surface area contributed by atoms with Crippen LogP contribution in [0.4, 0.5) is 8.78 Å². The van der Waals surface area contributed by atoms with Crippen molar-refractivity contribution < 1.29 is 30.5 Å². The van der Waals surface area contributed by atoms with Gasteiger partial charge >= 0.3 is 23.1 Å². The minimum absolute atomic E-state index is 0. The standard InChI is InChI=1S/C13H9F2O.BrH.Mg/c14-11-6-7-13(15)10(8-11)9-16-12-4-2-1-3-5-12;;/h1-4,6-8H,9H2;1H;/q-1;;+2/p-1. The minimum Gasteiger partial charge on any atom is -1.00 e. The fraction of sp³-hybridized carbons (Fsp3) is 0.0769. The topological polar surface area (TPSA) is 9.23 Å². The number of hydrogen-bond acceptors (Lipinski definition) is 1. The van der Waals surface area contributed by atoms with E-state index in [1.807, 2.05) is 0 Å². The third-order valence-electron chi connectivity index (χ3n) is 2.07. The first kappa shape index (κ1) is 17.3. The molecule has 90 valence electrons. The maximum absolute atomic E-state index is 13.2. The molecule has 2 aromatic rings. The fourth-order valence-electron chi connectivity index (χ4n) is 1.28. The largest absolute Gasteiger partial charge is 2.00 e. The van der Waals surface area contributed by atoms with Crippen molar-refractivity contribution in [2.75, 3.05) is 0 Å². The second kappa shape index (κ2) is 8.45. The van der Waals surface area contributed by atoms with Crippen molar-refractivity contribution in [1.82, 2.24) is 0 Å². The Morgan fingerprint density at radius 1 is 1.11 bits per heavy atom. The Morgan fingerprint density at radius 2 is 1.89 bits per heavy atom. The van der Waals surface area contributed by atoms with Gasteiger partial charge in [0.25, 0.3) is 0 Å². The van der Waals surface area contributed by atoms with Gasteiger partial charge in [-0.15, -0.1) is 12.1 Å². The van der Waals surface area contributed by atoms with Gasteiger partial charge in [0.15, 0.2) is 0 Å². The molecule has 1 nitrogen and oxygen atoms in total. The molecular weight excluding hydrogens is 314 g/mol. The van der Waals surface area contributed by atoms with Gasteiger partial charge in [-0.2, -0.15) is 18.2 Å². The van der Waals surface area contributed by atoms with Crippen LogP contribution in [0.15, 0.2) is 42.5 Å². The van der Waals surface area contributed by atoms with Crippen molar-refractivity contribution in [2.24, 2.45) is 0 Å². The second-order valence-corrected chi connectivity index (χ2v) is 3.25. The predicted molar refractivity (Wildman–Crippen MR) is 61.7 cm³/mol. The first-order valence-corrected chi connectivity index (χ1v) is 4.79. The van der Waals surface area contributed by atoms with E-state index in [-0.39, 0.29) is 52.2 Å².